The number of aliphatic hydroxyl groups excluding tert-OH is 1. The van der Waals surface area contributed by atoms with Crippen LogP contribution in [-0.2, 0) is 0 Å². The Morgan fingerprint density at radius 2 is 2.14 bits per heavy atom. The summed E-state index contributed by atoms with van der Waals surface area (Å²) in [5, 5.41) is 10.6. The van der Waals surface area contributed by atoms with Crippen LogP contribution in [0.25, 0.3) is 17.0 Å². The average molecular weight is 284 g/mol. The van der Waals surface area contributed by atoms with Crippen LogP contribution in [0.4, 0.5) is 0 Å². The summed E-state index contributed by atoms with van der Waals surface area (Å²) in [7, 11) is 0. The van der Waals surface area contributed by atoms with Gasteiger partial charge in [0, 0.05) is 0 Å². The molecule has 1 aliphatic rings. The van der Waals surface area contributed by atoms with Gasteiger partial charge in [-0.15, -0.1) is 0 Å². The van der Waals surface area contributed by atoms with Crippen LogP contribution in [0.5, 0.6) is 0 Å². The second kappa shape index (κ2) is 5.11. The standard InChI is InChI=1S/C17H20N2O2/c1-4-12-8-13-16(11(3)10(12)2)18-9-19(17(13)21)14-6-5-7-15(14)20/h4,8-9,14-15,20H,1,5-7H2,2-3H3/t14-,15-/m0/s1. The maximum atomic E-state index is 12.8. The van der Waals surface area contributed by atoms with Gasteiger partial charge in [0.1, 0.15) is 0 Å². The second-order valence-corrected chi connectivity index (χ2v) is 5.84. The number of benzene rings is 1. The average Bonchev–Trinajstić information content (AvgIpc) is 2.89. The minimum Gasteiger partial charge on any atom is -0.391 e. The van der Waals surface area contributed by atoms with Crippen LogP contribution in [-0.4, -0.2) is 20.8 Å². The number of aliphatic hydroxyl groups is 1. The van der Waals surface area contributed by atoms with Gasteiger partial charge in [0.05, 0.1) is 29.4 Å². The lowest BCUT2D eigenvalue weighted by atomic mass is 9.99. The van der Waals surface area contributed by atoms with Crippen molar-refractivity contribution in [3.05, 3.63) is 46.0 Å². The monoisotopic (exact) mass is 284 g/mol. The van der Waals surface area contributed by atoms with Gasteiger partial charge >= 0.3 is 0 Å². The lowest BCUT2D eigenvalue weighted by molar-refractivity contribution is 0.134. The van der Waals surface area contributed by atoms with Crippen molar-refractivity contribution in [2.24, 2.45) is 0 Å². The molecule has 1 saturated carbocycles. The van der Waals surface area contributed by atoms with Crippen LogP contribution in [0.2, 0.25) is 0 Å². The molecule has 0 spiro atoms. The molecule has 2 atom stereocenters. The highest BCUT2D eigenvalue weighted by Gasteiger charge is 2.28. The molecular weight excluding hydrogens is 264 g/mol. The van der Waals surface area contributed by atoms with Crippen LogP contribution in [0.3, 0.4) is 0 Å². The van der Waals surface area contributed by atoms with E-state index in [1.54, 1.807) is 17.0 Å². The Morgan fingerprint density at radius 1 is 1.38 bits per heavy atom. The number of hydrogen-bond donors (Lipinski definition) is 1. The minimum atomic E-state index is -0.452. The summed E-state index contributed by atoms with van der Waals surface area (Å²) >= 11 is 0. The maximum absolute atomic E-state index is 12.8. The number of nitrogens with zero attached hydrogens (tertiary/aromatic N) is 2. The Morgan fingerprint density at radius 3 is 2.76 bits per heavy atom. The summed E-state index contributed by atoms with van der Waals surface area (Å²) in [4.78, 5) is 17.2. The molecular formula is C17H20N2O2. The Balaban J connectivity index is 2.28. The van der Waals surface area contributed by atoms with E-state index in [1.807, 2.05) is 19.9 Å². The van der Waals surface area contributed by atoms with Gasteiger partial charge in [0.15, 0.2) is 0 Å². The van der Waals surface area contributed by atoms with Crippen molar-refractivity contribution in [1.82, 2.24) is 9.55 Å². The van der Waals surface area contributed by atoms with Crippen LogP contribution in [0.15, 0.2) is 23.8 Å². The first-order valence-electron chi connectivity index (χ1n) is 7.36. The summed E-state index contributed by atoms with van der Waals surface area (Å²) in [6.07, 6.45) is 5.42. The molecule has 1 aliphatic carbocycles. The van der Waals surface area contributed by atoms with Crippen LogP contribution in [0, 0.1) is 13.8 Å². The van der Waals surface area contributed by atoms with E-state index in [9.17, 15) is 9.90 Å². The normalized spacial score (nSPS) is 21.9. The zero-order valence-electron chi connectivity index (χ0n) is 12.5. The van der Waals surface area contributed by atoms with Crippen molar-refractivity contribution < 1.29 is 5.11 Å². The lowest BCUT2D eigenvalue weighted by Crippen LogP contribution is -2.29. The van der Waals surface area contributed by atoms with Gasteiger partial charge < -0.3 is 5.11 Å². The fourth-order valence-electron chi connectivity index (χ4n) is 3.26. The van der Waals surface area contributed by atoms with E-state index in [2.05, 4.69) is 11.6 Å². The van der Waals surface area contributed by atoms with E-state index < -0.39 is 6.10 Å². The molecule has 1 heterocycles. The fourth-order valence-corrected chi connectivity index (χ4v) is 3.26. The van der Waals surface area contributed by atoms with E-state index in [4.69, 9.17) is 0 Å². The Labute approximate surface area is 123 Å². The molecule has 21 heavy (non-hydrogen) atoms. The van der Waals surface area contributed by atoms with Gasteiger partial charge in [-0.25, -0.2) is 4.98 Å². The molecule has 1 fully saturated rings. The van der Waals surface area contributed by atoms with Crippen molar-refractivity contribution in [2.75, 3.05) is 0 Å². The van der Waals surface area contributed by atoms with Crippen molar-refractivity contribution in [3.8, 4) is 0 Å². The lowest BCUT2D eigenvalue weighted by Gasteiger charge is -2.18. The number of aromatic nitrogens is 2. The van der Waals surface area contributed by atoms with Crippen molar-refractivity contribution in [2.45, 2.75) is 45.3 Å². The van der Waals surface area contributed by atoms with Gasteiger partial charge in [-0.2, -0.15) is 0 Å². The van der Waals surface area contributed by atoms with Gasteiger partial charge in [-0.05, 0) is 55.9 Å². The number of hydrogen-bond acceptors (Lipinski definition) is 3. The minimum absolute atomic E-state index is 0.0721. The van der Waals surface area contributed by atoms with Crippen molar-refractivity contribution in [1.29, 1.82) is 0 Å². The topological polar surface area (TPSA) is 55.1 Å². The summed E-state index contributed by atoms with van der Waals surface area (Å²) in [5.41, 5.74) is 3.74. The van der Waals surface area contributed by atoms with E-state index in [1.165, 1.54) is 0 Å². The number of fused-ring (bicyclic) bond motifs is 1. The highest BCUT2D eigenvalue weighted by atomic mass is 16.3. The Kier molecular flexibility index (Phi) is 3.41. The van der Waals surface area contributed by atoms with E-state index in [0.29, 0.717) is 5.39 Å². The quantitative estimate of drug-likeness (QED) is 0.922. The van der Waals surface area contributed by atoms with E-state index >= 15 is 0 Å². The van der Waals surface area contributed by atoms with Gasteiger partial charge in [-0.1, -0.05) is 12.7 Å². The molecule has 0 radical (unpaired) electrons. The van der Waals surface area contributed by atoms with Crippen LogP contribution in [0.1, 0.15) is 42.0 Å². The molecule has 0 amide bonds. The molecule has 0 bridgehead atoms. The molecule has 0 aliphatic heterocycles. The predicted octanol–water partition coefficient (Wildman–Crippen LogP) is 2.74. The fraction of sp³-hybridized carbons (Fsp3) is 0.412. The Hall–Kier alpha value is -1.94. The summed E-state index contributed by atoms with van der Waals surface area (Å²) < 4.78 is 1.60. The largest absolute Gasteiger partial charge is 0.391 e. The molecule has 3 rings (SSSR count). The smallest absolute Gasteiger partial charge is 0.261 e. The molecule has 4 heteroatoms. The molecule has 1 aromatic heterocycles. The molecule has 0 saturated heterocycles. The first-order valence-corrected chi connectivity index (χ1v) is 7.36. The first kappa shape index (κ1) is 14.0. The van der Waals surface area contributed by atoms with Gasteiger partial charge in [0.25, 0.3) is 5.56 Å². The van der Waals surface area contributed by atoms with Crippen molar-refractivity contribution >= 4 is 17.0 Å². The van der Waals surface area contributed by atoms with Gasteiger partial charge in [0.2, 0.25) is 0 Å². The maximum Gasteiger partial charge on any atom is 0.261 e. The Bertz CT molecular complexity index is 776. The molecule has 1 aromatic carbocycles. The molecule has 1 N–H and O–H groups in total. The first-order chi connectivity index (χ1) is 10.0. The van der Waals surface area contributed by atoms with Crippen LogP contribution >= 0.6 is 0 Å². The third-order valence-corrected chi connectivity index (χ3v) is 4.70. The van der Waals surface area contributed by atoms with E-state index in [0.717, 1.165) is 41.5 Å². The number of aryl methyl sites for hydroxylation is 1. The summed E-state index contributed by atoms with van der Waals surface area (Å²) in [5.74, 6) is 0. The summed E-state index contributed by atoms with van der Waals surface area (Å²) in [6, 6.07) is 1.71. The highest BCUT2D eigenvalue weighted by Crippen LogP contribution is 2.29. The third-order valence-electron chi connectivity index (χ3n) is 4.70. The molecule has 4 nitrogen and oxygen atoms in total. The number of rotatable bonds is 2. The van der Waals surface area contributed by atoms with E-state index in [-0.39, 0.29) is 11.6 Å². The molecule has 2 aromatic rings. The molecule has 0 unspecified atom stereocenters. The zero-order chi connectivity index (χ0) is 15.1. The highest BCUT2D eigenvalue weighted by molar-refractivity contribution is 5.85. The SMILES string of the molecule is C=Cc1cc2c(=O)n([C@H]3CCC[C@@H]3O)cnc2c(C)c1C. The third kappa shape index (κ3) is 2.10. The second-order valence-electron chi connectivity index (χ2n) is 5.84. The van der Waals surface area contributed by atoms with Crippen LogP contribution < -0.4 is 5.56 Å². The van der Waals surface area contributed by atoms with Gasteiger partial charge in [-0.3, -0.25) is 9.36 Å². The van der Waals surface area contributed by atoms with Crippen molar-refractivity contribution in [3.63, 3.8) is 0 Å². The zero-order valence-corrected chi connectivity index (χ0v) is 12.5. The predicted molar refractivity (Wildman–Crippen MR) is 84.5 cm³/mol. The molecule has 110 valence electrons. The summed E-state index contributed by atoms with van der Waals surface area (Å²) in [6.45, 7) is 7.80.